The molecule has 0 saturated carbocycles. The van der Waals surface area contributed by atoms with Gasteiger partial charge >= 0.3 is 0 Å². The van der Waals surface area contributed by atoms with Crippen molar-refractivity contribution in [2.75, 3.05) is 19.0 Å². The van der Waals surface area contributed by atoms with Gasteiger partial charge in [-0.05, 0) is 48.5 Å². The van der Waals surface area contributed by atoms with Crippen LogP contribution in [-0.2, 0) is 4.79 Å². The fourth-order valence-electron chi connectivity index (χ4n) is 1.96. The second-order valence-corrected chi connectivity index (χ2v) is 4.87. The van der Waals surface area contributed by atoms with Gasteiger partial charge in [-0.2, -0.15) is 0 Å². The quantitative estimate of drug-likeness (QED) is 0.797. The van der Waals surface area contributed by atoms with Gasteiger partial charge in [0, 0.05) is 17.7 Å². The second-order valence-electron chi connectivity index (χ2n) is 4.87. The summed E-state index contributed by atoms with van der Waals surface area (Å²) in [6.07, 6.45) is 0.463. The molecule has 120 valence electrons. The van der Waals surface area contributed by atoms with Gasteiger partial charge in [-0.25, -0.2) is 0 Å². The Bertz CT molecular complexity index is 662. The predicted octanol–water partition coefficient (Wildman–Crippen LogP) is 3.31. The lowest BCUT2D eigenvalue weighted by Gasteiger charge is -2.08. The van der Waals surface area contributed by atoms with Crippen molar-refractivity contribution in [1.29, 1.82) is 0 Å². The van der Waals surface area contributed by atoms with Gasteiger partial charge in [0.1, 0.15) is 11.5 Å². The Morgan fingerprint density at radius 3 is 2.13 bits per heavy atom. The number of amides is 1. The van der Waals surface area contributed by atoms with Gasteiger partial charge in [0.15, 0.2) is 12.4 Å². The van der Waals surface area contributed by atoms with E-state index in [0.29, 0.717) is 23.4 Å². The minimum atomic E-state index is -0.260. The maximum atomic E-state index is 11.8. The van der Waals surface area contributed by atoms with Crippen molar-refractivity contribution >= 4 is 17.4 Å². The number of rotatable bonds is 7. The molecule has 0 spiro atoms. The molecule has 0 aliphatic heterocycles. The number of methoxy groups -OCH3 is 1. The zero-order valence-corrected chi connectivity index (χ0v) is 13.2. The molecule has 5 nitrogen and oxygen atoms in total. The molecule has 0 radical (unpaired) electrons. The number of benzene rings is 2. The first-order valence-electron chi connectivity index (χ1n) is 7.32. The molecule has 0 aliphatic carbocycles. The van der Waals surface area contributed by atoms with Gasteiger partial charge in [-0.1, -0.05) is 6.92 Å². The number of carbonyl (C=O) groups is 2. The lowest BCUT2D eigenvalue weighted by molar-refractivity contribution is -0.118. The van der Waals surface area contributed by atoms with Gasteiger partial charge < -0.3 is 14.8 Å². The highest BCUT2D eigenvalue weighted by molar-refractivity contribution is 5.96. The molecule has 23 heavy (non-hydrogen) atoms. The summed E-state index contributed by atoms with van der Waals surface area (Å²) in [5.41, 5.74) is 1.31. The Labute approximate surface area is 135 Å². The molecule has 2 rings (SSSR count). The van der Waals surface area contributed by atoms with Crippen LogP contribution in [0.4, 0.5) is 5.69 Å². The van der Waals surface area contributed by atoms with Crippen molar-refractivity contribution in [2.45, 2.75) is 13.3 Å². The van der Waals surface area contributed by atoms with Crippen LogP contribution in [0.5, 0.6) is 11.5 Å². The van der Waals surface area contributed by atoms with Crippen molar-refractivity contribution in [1.82, 2.24) is 0 Å². The van der Waals surface area contributed by atoms with Crippen LogP contribution in [0, 0.1) is 0 Å². The largest absolute Gasteiger partial charge is 0.497 e. The zero-order valence-electron chi connectivity index (χ0n) is 13.2. The van der Waals surface area contributed by atoms with Crippen LogP contribution in [0.1, 0.15) is 23.7 Å². The Morgan fingerprint density at radius 1 is 0.957 bits per heavy atom. The van der Waals surface area contributed by atoms with Crippen LogP contribution >= 0.6 is 0 Å². The van der Waals surface area contributed by atoms with Crippen LogP contribution in [0.3, 0.4) is 0 Å². The highest BCUT2D eigenvalue weighted by Gasteiger charge is 2.06. The molecular formula is C18H19NO4. The number of hydrogen-bond donors (Lipinski definition) is 1. The normalized spacial score (nSPS) is 10.0. The summed E-state index contributed by atoms with van der Waals surface area (Å²) in [4.78, 5) is 23.4. The van der Waals surface area contributed by atoms with E-state index in [2.05, 4.69) is 5.32 Å². The average Bonchev–Trinajstić information content (AvgIpc) is 2.60. The highest BCUT2D eigenvalue weighted by atomic mass is 16.5. The lowest BCUT2D eigenvalue weighted by Crippen LogP contribution is -2.20. The highest BCUT2D eigenvalue weighted by Crippen LogP contribution is 2.16. The number of anilines is 1. The van der Waals surface area contributed by atoms with E-state index in [9.17, 15) is 9.59 Å². The van der Waals surface area contributed by atoms with E-state index in [1.807, 2.05) is 6.92 Å². The molecule has 0 heterocycles. The number of carbonyl (C=O) groups excluding carboxylic acids is 2. The number of nitrogens with one attached hydrogen (secondary N) is 1. The van der Waals surface area contributed by atoms with E-state index >= 15 is 0 Å². The molecule has 0 unspecified atom stereocenters. The van der Waals surface area contributed by atoms with Crippen molar-refractivity contribution in [3.8, 4) is 11.5 Å². The summed E-state index contributed by atoms with van der Waals surface area (Å²) < 4.78 is 10.5. The Balaban J connectivity index is 1.84. The number of hydrogen-bond acceptors (Lipinski definition) is 4. The number of ether oxygens (including phenoxy) is 2. The van der Waals surface area contributed by atoms with Crippen LogP contribution in [0.25, 0.3) is 0 Å². The third kappa shape index (κ3) is 4.85. The third-order valence-electron chi connectivity index (χ3n) is 3.24. The SMILES string of the molecule is CCC(=O)c1ccc(OCC(=O)Nc2ccc(OC)cc2)cc1. The summed E-state index contributed by atoms with van der Waals surface area (Å²) in [6, 6.07) is 13.8. The average molecular weight is 313 g/mol. The summed E-state index contributed by atoms with van der Waals surface area (Å²) in [5.74, 6) is 1.08. The topological polar surface area (TPSA) is 64.6 Å². The molecule has 1 amide bonds. The van der Waals surface area contributed by atoms with E-state index in [1.165, 1.54) is 0 Å². The zero-order chi connectivity index (χ0) is 16.7. The standard InChI is InChI=1S/C18H19NO4/c1-3-17(20)13-4-8-16(9-5-13)23-12-18(21)19-14-6-10-15(22-2)11-7-14/h4-11H,3,12H2,1-2H3,(H,19,21). The van der Waals surface area contributed by atoms with Crippen molar-refractivity contribution < 1.29 is 19.1 Å². The second kappa shape index (κ2) is 7.98. The fraction of sp³-hybridized carbons (Fsp3) is 0.222. The number of ketones is 1. The Morgan fingerprint density at radius 2 is 1.57 bits per heavy atom. The van der Waals surface area contributed by atoms with E-state index < -0.39 is 0 Å². The Hall–Kier alpha value is -2.82. The fourth-order valence-corrected chi connectivity index (χ4v) is 1.96. The van der Waals surface area contributed by atoms with E-state index in [4.69, 9.17) is 9.47 Å². The molecule has 0 fully saturated rings. The van der Waals surface area contributed by atoms with E-state index in [1.54, 1.807) is 55.6 Å². The maximum absolute atomic E-state index is 11.8. The monoisotopic (exact) mass is 313 g/mol. The molecule has 1 N–H and O–H groups in total. The van der Waals surface area contributed by atoms with Gasteiger partial charge in [-0.15, -0.1) is 0 Å². The van der Waals surface area contributed by atoms with Gasteiger partial charge in [0.25, 0.3) is 5.91 Å². The molecule has 5 heteroatoms. The third-order valence-corrected chi connectivity index (χ3v) is 3.24. The first-order chi connectivity index (χ1) is 11.1. The maximum Gasteiger partial charge on any atom is 0.262 e. The Kier molecular flexibility index (Phi) is 5.74. The van der Waals surface area contributed by atoms with Gasteiger partial charge in [0.05, 0.1) is 7.11 Å². The van der Waals surface area contributed by atoms with Crippen molar-refractivity contribution in [3.05, 3.63) is 54.1 Å². The molecule has 0 saturated heterocycles. The van der Waals surface area contributed by atoms with Crippen molar-refractivity contribution in [2.24, 2.45) is 0 Å². The first kappa shape index (κ1) is 16.5. The first-order valence-corrected chi connectivity index (χ1v) is 7.32. The number of Topliss-reactive ketones (excluding diaryl/α,β-unsaturated/α-hetero) is 1. The van der Waals surface area contributed by atoms with Crippen LogP contribution in [0.2, 0.25) is 0 Å². The summed E-state index contributed by atoms with van der Waals surface area (Å²) in [5, 5.41) is 2.73. The van der Waals surface area contributed by atoms with Crippen LogP contribution in [0.15, 0.2) is 48.5 Å². The van der Waals surface area contributed by atoms with Gasteiger partial charge in [0.2, 0.25) is 0 Å². The van der Waals surface area contributed by atoms with Crippen molar-refractivity contribution in [3.63, 3.8) is 0 Å². The molecule has 0 aromatic heterocycles. The molecule has 0 aliphatic rings. The summed E-state index contributed by atoms with van der Waals surface area (Å²) in [7, 11) is 1.58. The summed E-state index contributed by atoms with van der Waals surface area (Å²) in [6.45, 7) is 1.71. The van der Waals surface area contributed by atoms with Crippen LogP contribution in [-0.4, -0.2) is 25.4 Å². The molecule has 0 atom stereocenters. The minimum absolute atomic E-state index is 0.0776. The lowest BCUT2D eigenvalue weighted by atomic mass is 10.1. The molecule has 0 bridgehead atoms. The van der Waals surface area contributed by atoms with Crippen LogP contribution < -0.4 is 14.8 Å². The molecular weight excluding hydrogens is 294 g/mol. The molecule has 2 aromatic carbocycles. The van der Waals surface area contributed by atoms with E-state index in [0.717, 1.165) is 5.75 Å². The molecule has 2 aromatic rings. The smallest absolute Gasteiger partial charge is 0.262 e. The van der Waals surface area contributed by atoms with E-state index in [-0.39, 0.29) is 18.3 Å². The summed E-state index contributed by atoms with van der Waals surface area (Å²) >= 11 is 0. The van der Waals surface area contributed by atoms with Gasteiger partial charge in [-0.3, -0.25) is 9.59 Å². The predicted molar refractivity (Wildman–Crippen MR) is 88.2 cm³/mol. The minimum Gasteiger partial charge on any atom is -0.497 e.